The van der Waals surface area contributed by atoms with Crippen LogP contribution in [-0.2, 0) is 6.54 Å². The molecule has 1 heterocycles. The van der Waals surface area contributed by atoms with Gasteiger partial charge >= 0.3 is 6.18 Å². The van der Waals surface area contributed by atoms with Gasteiger partial charge in [-0.2, -0.15) is 18.3 Å². The van der Waals surface area contributed by atoms with Gasteiger partial charge in [-0.1, -0.05) is 6.92 Å². The summed E-state index contributed by atoms with van der Waals surface area (Å²) >= 11 is 0. The van der Waals surface area contributed by atoms with Gasteiger partial charge < -0.3 is 5.32 Å². The van der Waals surface area contributed by atoms with E-state index in [2.05, 4.69) is 15.4 Å². The quantitative estimate of drug-likeness (QED) is 0.843. The zero-order valence-corrected chi connectivity index (χ0v) is 9.91. The van der Waals surface area contributed by atoms with E-state index in [4.69, 9.17) is 0 Å². The molecule has 17 heavy (non-hydrogen) atoms. The zero-order valence-electron chi connectivity index (χ0n) is 9.91. The van der Waals surface area contributed by atoms with Crippen molar-refractivity contribution in [2.75, 3.05) is 6.54 Å². The summed E-state index contributed by atoms with van der Waals surface area (Å²) in [6, 6.07) is 0.0793. The van der Waals surface area contributed by atoms with E-state index < -0.39 is 12.1 Å². The molecule has 1 N–H and O–H groups in total. The molecule has 7 heteroatoms. The molecule has 0 fully saturated rings. The van der Waals surface area contributed by atoms with Gasteiger partial charge in [0.15, 0.2) is 0 Å². The molecular formula is C10H19F3N4. The van der Waals surface area contributed by atoms with E-state index in [1.807, 2.05) is 13.8 Å². The van der Waals surface area contributed by atoms with Crippen molar-refractivity contribution < 1.29 is 14.6 Å². The van der Waals surface area contributed by atoms with Crippen molar-refractivity contribution in [3.8, 4) is 0 Å². The summed E-state index contributed by atoms with van der Waals surface area (Å²) < 4.78 is 39.5. The van der Waals surface area contributed by atoms with Crippen molar-refractivity contribution in [3.05, 3.63) is 12.7 Å². The Morgan fingerprint density at radius 2 is 2.18 bits per heavy atom. The fraction of sp³-hybridized carbons (Fsp3) is 0.800. The fourth-order valence-corrected chi connectivity index (χ4v) is 1.32. The van der Waals surface area contributed by atoms with Gasteiger partial charge in [-0.3, -0.25) is 4.68 Å². The first-order valence-electron chi connectivity index (χ1n) is 5.56. The fourth-order valence-electron chi connectivity index (χ4n) is 1.32. The van der Waals surface area contributed by atoms with Crippen molar-refractivity contribution in [2.24, 2.45) is 5.92 Å². The third kappa shape index (κ3) is 4.72. The van der Waals surface area contributed by atoms with Crippen LogP contribution in [0.4, 0.5) is 13.2 Å². The number of hydrogen-bond donors (Lipinski definition) is 1. The van der Waals surface area contributed by atoms with Crippen LogP contribution in [0.5, 0.6) is 0 Å². The van der Waals surface area contributed by atoms with E-state index in [0.29, 0.717) is 0 Å². The van der Waals surface area contributed by atoms with Gasteiger partial charge in [-0.15, -0.1) is 0 Å². The maximum absolute atomic E-state index is 12.8. The summed E-state index contributed by atoms with van der Waals surface area (Å²) in [7, 11) is 0. The van der Waals surface area contributed by atoms with Gasteiger partial charge in [0, 0.05) is 14.0 Å². The maximum Gasteiger partial charge on any atom is 0.394 e. The Morgan fingerprint density at radius 1 is 1.47 bits per heavy atom. The van der Waals surface area contributed by atoms with Gasteiger partial charge in [0.05, 0.1) is 12.5 Å². The van der Waals surface area contributed by atoms with Crippen LogP contribution >= 0.6 is 0 Å². The van der Waals surface area contributed by atoms with E-state index in [1.54, 1.807) is 0 Å². The van der Waals surface area contributed by atoms with E-state index >= 15 is 0 Å². The Bertz CT molecular complexity index is 315. The lowest BCUT2D eigenvalue weighted by Gasteiger charge is -2.22. The number of alkyl halides is 3. The molecule has 4 nitrogen and oxygen atoms in total. The van der Waals surface area contributed by atoms with E-state index in [0.717, 1.165) is 6.42 Å². The molecule has 0 aliphatic rings. The first kappa shape index (κ1) is 14.0. The summed E-state index contributed by atoms with van der Waals surface area (Å²) in [5, 5.41) is 6.56. The lowest BCUT2D eigenvalue weighted by Crippen LogP contribution is -2.39. The summed E-state index contributed by atoms with van der Waals surface area (Å²) in [6.45, 7) is 3.49. The summed E-state index contributed by atoms with van der Waals surface area (Å²) in [5.74, 6) is -1.45. The summed E-state index contributed by atoms with van der Waals surface area (Å²) in [4.78, 5) is 3.63. The Labute approximate surface area is 99.7 Å². The van der Waals surface area contributed by atoms with Crippen LogP contribution in [0.3, 0.4) is 0 Å². The Balaban J connectivity index is 0.00000289. The van der Waals surface area contributed by atoms with Crippen molar-refractivity contribution >= 4 is 0 Å². The number of hydrogen-bond acceptors (Lipinski definition) is 3. The molecular weight excluding hydrogens is 233 g/mol. The average Bonchev–Trinajstić information content (AvgIpc) is 2.74. The van der Waals surface area contributed by atoms with Crippen LogP contribution in [0.15, 0.2) is 12.7 Å². The molecule has 0 amide bonds. The average molecular weight is 252 g/mol. The highest BCUT2D eigenvalue weighted by atomic mass is 19.4. The second-order valence-corrected chi connectivity index (χ2v) is 4.07. The third-order valence-corrected chi connectivity index (χ3v) is 2.66. The maximum atomic E-state index is 12.8. The number of rotatable bonds is 6. The number of nitrogens with zero attached hydrogens (tertiary/aromatic N) is 3. The van der Waals surface area contributed by atoms with Gasteiger partial charge in [-0.25, -0.2) is 4.98 Å². The minimum atomic E-state index is -4.23. The monoisotopic (exact) mass is 252 g/mol. The lowest BCUT2D eigenvalue weighted by molar-refractivity contribution is -0.177. The first-order valence-corrected chi connectivity index (χ1v) is 5.56. The summed E-state index contributed by atoms with van der Waals surface area (Å²) in [5.41, 5.74) is 0. The van der Waals surface area contributed by atoms with Crippen LogP contribution in [0, 0.1) is 5.92 Å². The van der Waals surface area contributed by atoms with Crippen LogP contribution in [0.25, 0.3) is 0 Å². The van der Waals surface area contributed by atoms with Crippen LogP contribution in [0.1, 0.15) is 21.7 Å². The number of nitrogens with one attached hydrogen (secondary N) is 1. The molecule has 0 spiro atoms. The molecule has 0 aromatic carbocycles. The molecule has 1 aromatic rings. The van der Waals surface area contributed by atoms with E-state index in [-0.39, 0.29) is 20.6 Å². The molecule has 0 aliphatic heterocycles. The molecule has 100 valence electrons. The molecule has 2 unspecified atom stereocenters. The van der Waals surface area contributed by atoms with Gasteiger partial charge in [0.2, 0.25) is 0 Å². The zero-order chi connectivity index (χ0) is 12.9. The second-order valence-electron chi connectivity index (χ2n) is 4.07. The van der Waals surface area contributed by atoms with Gasteiger partial charge in [0.25, 0.3) is 0 Å². The Morgan fingerprint density at radius 3 is 2.65 bits per heavy atom. The normalized spacial score (nSPS) is 15.8. The molecule has 1 rings (SSSR count). The van der Waals surface area contributed by atoms with Gasteiger partial charge in [-0.05, 0) is 13.3 Å². The van der Waals surface area contributed by atoms with Crippen LogP contribution in [-0.4, -0.2) is 33.5 Å². The first-order chi connectivity index (χ1) is 7.93. The van der Waals surface area contributed by atoms with E-state index in [9.17, 15) is 13.2 Å². The Hall–Kier alpha value is -1.11. The minimum absolute atomic E-state index is 0. The molecule has 0 saturated heterocycles. The predicted molar refractivity (Wildman–Crippen MR) is 59.4 cm³/mol. The van der Waals surface area contributed by atoms with Crippen LogP contribution in [0.2, 0.25) is 0 Å². The largest absolute Gasteiger partial charge is 0.394 e. The lowest BCUT2D eigenvalue weighted by atomic mass is 10.1. The second kappa shape index (κ2) is 6.00. The topological polar surface area (TPSA) is 42.7 Å². The molecule has 0 saturated carbocycles. The smallest absolute Gasteiger partial charge is 0.314 e. The standard InChI is InChI=1S/C10H17F3N4.H2/c1-3-8(2)15-4-9(10(11,12)13)5-17-7-14-6-16-17;/h6-9,15H,3-5H2,1-2H3;1H. The van der Waals surface area contributed by atoms with E-state index in [1.165, 1.54) is 17.3 Å². The highest BCUT2D eigenvalue weighted by molar-refractivity contribution is 4.73. The van der Waals surface area contributed by atoms with Crippen LogP contribution < -0.4 is 5.32 Å². The highest BCUT2D eigenvalue weighted by Crippen LogP contribution is 2.27. The van der Waals surface area contributed by atoms with Crippen molar-refractivity contribution in [3.63, 3.8) is 0 Å². The highest BCUT2D eigenvalue weighted by Gasteiger charge is 2.39. The molecule has 0 aliphatic carbocycles. The summed E-state index contributed by atoms with van der Waals surface area (Å²) in [6.07, 6.45) is -0.905. The van der Waals surface area contributed by atoms with Crippen molar-refractivity contribution in [2.45, 2.75) is 39.0 Å². The predicted octanol–water partition coefficient (Wildman–Crippen LogP) is 2.09. The number of halogens is 3. The Kier molecular flexibility index (Phi) is 4.92. The SMILES string of the molecule is CCC(C)NCC(Cn1cncn1)C(F)(F)F.[HH]. The molecule has 2 atom stereocenters. The van der Waals surface area contributed by atoms with Crippen molar-refractivity contribution in [1.29, 1.82) is 0 Å². The molecule has 0 bridgehead atoms. The molecule has 0 radical (unpaired) electrons. The number of aromatic nitrogens is 3. The third-order valence-electron chi connectivity index (χ3n) is 2.66. The van der Waals surface area contributed by atoms with Crippen molar-refractivity contribution in [1.82, 2.24) is 20.1 Å². The minimum Gasteiger partial charge on any atom is -0.314 e. The molecule has 1 aromatic heterocycles. The van der Waals surface area contributed by atoms with Gasteiger partial charge in [0.1, 0.15) is 12.7 Å².